The number of hydrogen-bond acceptors (Lipinski definition) is 0. The molecule has 0 unspecified atom stereocenters. The van der Waals surface area contributed by atoms with E-state index in [1.54, 1.807) is 0 Å². The number of aryl methyl sites for hydroxylation is 1. The standard InChI is InChI=1S/C9H8N/c1-10-7-6-8-4-2-3-5-9(8)10/h2,4-7H,1H3. The summed E-state index contributed by atoms with van der Waals surface area (Å²) in [5.74, 6) is 0. The van der Waals surface area contributed by atoms with Crippen molar-refractivity contribution >= 4 is 10.9 Å². The summed E-state index contributed by atoms with van der Waals surface area (Å²) in [7, 11) is 2.04. The summed E-state index contributed by atoms with van der Waals surface area (Å²) >= 11 is 0. The summed E-state index contributed by atoms with van der Waals surface area (Å²) < 4.78 is 2.09. The first-order chi connectivity index (χ1) is 4.88. The summed E-state index contributed by atoms with van der Waals surface area (Å²) in [6, 6.07) is 11.1. The van der Waals surface area contributed by atoms with Crippen molar-refractivity contribution in [2.45, 2.75) is 0 Å². The van der Waals surface area contributed by atoms with Crippen LogP contribution < -0.4 is 0 Å². The lowest BCUT2D eigenvalue weighted by atomic mass is 10.2. The van der Waals surface area contributed by atoms with Gasteiger partial charge in [0.2, 0.25) is 0 Å². The third-order valence-electron chi connectivity index (χ3n) is 1.73. The maximum atomic E-state index is 3.04. The van der Waals surface area contributed by atoms with Gasteiger partial charge in [-0.1, -0.05) is 12.1 Å². The van der Waals surface area contributed by atoms with E-state index in [0.29, 0.717) is 0 Å². The first-order valence-electron chi connectivity index (χ1n) is 3.29. The largest absolute Gasteiger partial charge is 0.351 e. The highest BCUT2D eigenvalue weighted by molar-refractivity contribution is 5.79. The van der Waals surface area contributed by atoms with Crippen molar-refractivity contribution < 1.29 is 0 Å². The van der Waals surface area contributed by atoms with Gasteiger partial charge in [0.05, 0.1) is 0 Å². The lowest BCUT2D eigenvalue weighted by Crippen LogP contribution is -1.81. The summed E-state index contributed by atoms with van der Waals surface area (Å²) in [5, 5.41) is 1.28. The molecule has 0 saturated carbocycles. The zero-order valence-electron chi connectivity index (χ0n) is 5.83. The van der Waals surface area contributed by atoms with Crippen molar-refractivity contribution in [2.75, 3.05) is 0 Å². The van der Waals surface area contributed by atoms with Gasteiger partial charge >= 0.3 is 0 Å². The Hall–Kier alpha value is -1.24. The Morgan fingerprint density at radius 3 is 3.10 bits per heavy atom. The Morgan fingerprint density at radius 2 is 2.30 bits per heavy atom. The number of hydrogen-bond donors (Lipinski definition) is 0. The van der Waals surface area contributed by atoms with Crippen LogP contribution in [0.2, 0.25) is 0 Å². The molecule has 0 aliphatic heterocycles. The van der Waals surface area contributed by atoms with Crippen LogP contribution in [0.5, 0.6) is 0 Å². The predicted molar refractivity (Wildman–Crippen MR) is 41.8 cm³/mol. The normalized spacial score (nSPS) is 10.5. The Morgan fingerprint density at radius 1 is 1.40 bits per heavy atom. The van der Waals surface area contributed by atoms with Crippen molar-refractivity contribution in [1.82, 2.24) is 4.57 Å². The number of aromatic nitrogens is 1. The molecule has 2 rings (SSSR count). The molecular weight excluding hydrogens is 122 g/mol. The third kappa shape index (κ3) is 0.637. The van der Waals surface area contributed by atoms with Crippen LogP contribution in [-0.4, -0.2) is 4.57 Å². The summed E-state index contributed by atoms with van der Waals surface area (Å²) in [5.41, 5.74) is 1.24. The predicted octanol–water partition coefficient (Wildman–Crippen LogP) is 1.98. The SMILES string of the molecule is Cn1ccc2cc[c]cc21. The number of benzene rings is 1. The molecule has 0 fully saturated rings. The topological polar surface area (TPSA) is 4.93 Å². The molecule has 1 nitrogen and oxygen atoms in total. The molecule has 10 heavy (non-hydrogen) atoms. The lowest BCUT2D eigenvalue weighted by Gasteiger charge is -1.92. The molecule has 0 bridgehead atoms. The van der Waals surface area contributed by atoms with E-state index in [9.17, 15) is 0 Å². The Bertz CT molecular complexity index is 346. The Balaban J connectivity index is 2.93. The summed E-state index contributed by atoms with van der Waals surface area (Å²) in [6.07, 6.45) is 2.05. The van der Waals surface area contributed by atoms with Crippen LogP contribution >= 0.6 is 0 Å². The van der Waals surface area contributed by atoms with Crippen LogP contribution in [0, 0.1) is 6.07 Å². The van der Waals surface area contributed by atoms with Crippen molar-refractivity contribution in [1.29, 1.82) is 0 Å². The van der Waals surface area contributed by atoms with Crippen molar-refractivity contribution in [2.24, 2.45) is 7.05 Å². The van der Waals surface area contributed by atoms with E-state index in [-0.39, 0.29) is 0 Å². The molecule has 0 aliphatic rings. The van der Waals surface area contributed by atoms with Gasteiger partial charge < -0.3 is 4.57 Å². The van der Waals surface area contributed by atoms with E-state index in [1.807, 2.05) is 19.2 Å². The first kappa shape index (κ1) is 5.54. The van der Waals surface area contributed by atoms with Crippen molar-refractivity contribution in [3.63, 3.8) is 0 Å². The van der Waals surface area contributed by atoms with Gasteiger partial charge in [0, 0.05) is 18.8 Å². The zero-order chi connectivity index (χ0) is 6.97. The van der Waals surface area contributed by atoms with Gasteiger partial charge in [-0.2, -0.15) is 0 Å². The Labute approximate surface area is 59.9 Å². The minimum absolute atomic E-state index is 1.24. The number of rotatable bonds is 0. The maximum Gasteiger partial charge on any atom is 0.0483 e. The number of fused-ring (bicyclic) bond motifs is 1. The molecule has 1 heteroatoms. The van der Waals surface area contributed by atoms with Gasteiger partial charge in [-0.15, -0.1) is 0 Å². The third-order valence-corrected chi connectivity index (χ3v) is 1.73. The molecule has 0 amide bonds. The van der Waals surface area contributed by atoms with Crippen LogP contribution in [-0.2, 0) is 7.05 Å². The van der Waals surface area contributed by atoms with E-state index < -0.39 is 0 Å². The molecule has 0 atom stereocenters. The van der Waals surface area contributed by atoms with Gasteiger partial charge in [0.1, 0.15) is 0 Å². The second-order valence-electron chi connectivity index (χ2n) is 2.41. The van der Waals surface area contributed by atoms with E-state index in [1.165, 1.54) is 10.9 Å². The zero-order valence-corrected chi connectivity index (χ0v) is 5.83. The van der Waals surface area contributed by atoms with Gasteiger partial charge in [0.15, 0.2) is 0 Å². The van der Waals surface area contributed by atoms with Gasteiger partial charge in [-0.25, -0.2) is 0 Å². The van der Waals surface area contributed by atoms with Crippen LogP contribution in [0.15, 0.2) is 30.5 Å². The summed E-state index contributed by atoms with van der Waals surface area (Å²) in [6.45, 7) is 0. The molecule has 1 aromatic heterocycles. The lowest BCUT2D eigenvalue weighted by molar-refractivity contribution is 0.969. The maximum absolute atomic E-state index is 3.04. The molecular formula is C9H8N. The second kappa shape index (κ2) is 1.87. The van der Waals surface area contributed by atoms with E-state index >= 15 is 0 Å². The minimum atomic E-state index is 1.24. The van der Waals surface area contributed by atoms with Crippen LogP contribution in [0.1, 0.15) is 0 Å². The molecule has 0 spiro atoms. The second-order valence-corrected chi connectivity index (χ2v) is 2.41. The number of nitrogens with zero attached hydrogens (tertiary/aromatic N) is 1. The highest BCUT2D eigenvalue weighted by atomic mass is 14.9. The van der Waals surface area contributed by atoms with Gasteiger partial charge in [-0.05, 0) is 23.6 Å². The highest BCUT2D eigenvalue weighted by Crippen LogP contribution is 2.12. The summed E-state index contributed by atoms with van der Waals surface area (Å²) in [4.78, 5) is 0. The molecule has 1 radical (unpaired) electrons. The van der Waals surface area contributed by atoms with Crippen molar-refractivity contribution in [3.8, 4) is 0 Å². The fourth-order valence-corrected chi connectivity index (χ4v) is 1.15. The minimum Gasteiger partial charge on any atom is -0.351 e. The molecule has 49 valence electrons. The van der Waals surface area contributed by atoms with E-state index in [2.05, 4.69) is 29.0 Å². The highest BCUT2D eigenvalue weighted by Gasteiger charge is 1.92. The smallest absolute Gasteiger partial charge is 0.0483 e. The fourth-order valence-electron chi connectivity index (χ4n) is 1.15. The molecule has 0 saturated heterocycles. The Kier molecular flexibility index (Phi) is 1.04. The average Bonchev–Trinajstić information content (AvgIpc) is 2.34. The van der Waals surface area contributed by atoms with Crippen LogP contribution in [0.3, 0.4) is 0 Å². The van der Waals surface area contributed by atoms with Gasteiger partial charge in [0.25, 0.3) is 0 Å². The fraction of sp³-hybridized carbons (Fsp3) is 0.111. The molecule has 1 heterocycles. The van der Waals surface area contributed by atoms with Crippen molar-refractivity contribution in [3.05, 3.63) is 36.5 Å². The molecule has 0 N–H and O–H groups in total. The molecule has 2 aromatic rings. The molecule has 0 aliphatic carbocycles. The monoisotopic (exact) mass is 130 g/mol. The first-order valence-corrected chi connectivity index (χ1v) is 3.29. The molecule has 1 aromatic carbocycles. The average molecular weight is 130 g/mol. The quantitative estimate of drug-likeness (QED) is 0.514. The van der Waals surface area contributed by atoms with E-state index in [0.717, 1.165) is 0 Å². The van der Waals surface area contributed by atoms with Crippen LogP contribution in [0.4, 0.5) is 0 Å². The van der Waals surface area contributed by atoms with E-state index in [4.69, 9.17) is 0 Å². The van der Waals surface area contributed by atoms with Crippen LogP contribution in [0.25, 0.3) is 10.9 Å². The van der Waals surface area contributed by atoms with Gasteiger partial charge in [-0.3, -0.25) is 0 Å².